The Hall–Kier alpha value is -2.78. The van der Waals surface area contributed by atoms with E-state index in [9.17, 15) is 53.5 Å². The van der Waals surface area contributed by atoms with E-state index in [4.69, 9.17) is 9.47 Å². The van der Waals surface area contributed by atoms with E-state index in [0.29, 0.717) is 5.56 Å². The number of methoxy groups -OCH3 is 1. The number of benzene rings is 1. The Kier molecular flexibility index (Phi) is 8.93. The van der Waals surface area contributed by atoms with Crippen molar-refractivity contribution < 1.29 is 72.4 Å². The van der Waals surface area contributed by atoms with Crippen LogP contribution in [0.1, 0.15) is 5.56 Å². The third-order valence-electron chi connectivity index (χ3n) is 3.65. The molecule has 0 aliphatic heterocycles. The van der Waals surface area contributed by atoms with Crippen LogP contribution in [-0.4, -0.2) is 63.1 Å². The fraction of sp³-hybridized carbons (Fsp3) is 0.529. The summed E-state index contributed by atoms with van der Waals surface area (Å²) in [5, 5.41) is 0. The van der Waals surface area contributed by atoms with Crippen molar-refractivity contribution in [3.63, 3.8) is 0 Å². The van der Waals surface area contributed by atoms with Crippen molar-refractivity contribution in [3.8, 4) is 11.5 Å². The highest BCUT2D eigenvalue weighted by Crippen LogP contribution is 2.38. The Labute approximate surface area is 178 Å². The van der Waals surface area contributed by atoms with Crippen LogP contribution in [0, 0.1) is 0 Å². The van der Waals surface area contributed by atoms with E-state index in [1.54, 1.807) is 0 Å². The molecule has 0 atom stereocenters. The Morgan fingerprint density at radius 2 is 1.30 bits per heavy atom. The Morgan fingerprint density at radius 3 is 1.82 bits per heavy atom. The van der Waals surface area contributed by atoms with Gasteiger partial charge in [-0.15, -0.1) is 0 Å². The van der Waals surface area contributed by atoms with Crippen LogP contribution in [0.15, 0.2) is 18.2 Å². The summed E-state index contributed by atoms with van der Waals surface area (Å²) in [5.41, 5.74) is 0.315. The second kappa shape index (κ2) is 10.4. The molecule has 16 heteroatoms. The number of hydrogen-bond donors (Lipinski definition) is 0. The van der Waals surface area contributed by atoms with E-state index in [1.165, 1.54) is 0 Å². The van der Waals surface area contributed by atoms with E-state index in [2.05, 4.69) is 9.47 Å². The number of alkyl halides is 10. The van der Waals surface area contributed by atoms with Crippen molar-refractivity contribution in [2.45, 2.75) is 30.6 Å². The maximum atomic E-state index is 13.0. The molecule has 6 nitrogen and oxygen atoms in total. The van der Waals surface area contributed by atoms with Gasteiger partial charge in [0, 0.05) is 0 Å². The monoisotopic (exact) mass is 504 g/mol. The predicted molar refractivity (Wildman–Crippen MR) is 86.1 cm³/mol. The van der Waals surface area contributed by atoms with E-state index in [0.717, 1.165) is 25.3 Å². The fourth-order valence-corrected chi connectivity index (χ4v) is 1.92. The second-order valence-corrected chi connectivity index (χ2v) is 6.02. The molecule has 0 bridgehead atoms. The third-order valence-corrected chi connectivity index (χ3v) is 3.65. The van der Waals surface area contributed by atoms with Gasteiger partial charge >= 0.3 is 36.1 Å². The topological polar surface area (TPSA) is 71.1 Å². The van der Waals surface area contributed by atoms with Gasteiger partial charge in [-0.25, -0.2) is 9.59 Å². The Bertz CT molecular complexity index is 835. The zero-order valence-corrected chi connectivity index (χ0v) is 16.3. The van der Waals surface area contributed by atoms with Gasteiger partial charge in [0.1, 0.15) is 6.61 Å². The van der Waals surface area contributed by atoms with E-state index >= 15 is 0 Å². The normalized spacial score (nSPS) is 12.9. The van der Waals surface area contributed by atoms with Crippen molar-refractivity contribution >= 4 is 11.9 Å². The van der Waals surface area contributed by atoms with Gasteiger partial charge in [-0.05, 0) is 24.1 Å². The molecule has 0 unspecified atom stereocenters. The lowest BCUT2D eigenvalue weighted by Crippen LogP contribution is -2.46. The molecular weight excluding hydrogens is 490 g/mol. The molecule has 0 aliphatic rings. The summed E-state index contributed by atoms with van der Waals surface area (Å²) >= 11 is 0. The molecule has 0 aromatic heterocycles. The quantitative estimate of drug-likeness (QED) is 0.207. The van der Waals surface area contributed by atoms with Crippen LogP contribution in [0.4, 0.5) is 43.9 Å². The smallest absolute Gasteiger partial charge is 0.465 e. The van der Waals surface area contributed by atoms with Crippen molar-refractivity contribution in [2.24, 2.45) is 0 Å². The van der Waals surface area contributed by atoms with Crippen LogP contribution in [0.5, 0.6) is 11.5 Å². The molecule has 188 valence electrons. The molecule has 0 saturated carbocycles. The Morgan fingerprint density at radius 1 is 0.758 bits per heavy atom. The molecule has 1 aromatic rings. The minimum Gasteiger partial charge on any atom is -0.493 e. The van der Waals surface area contributed by atoms with Crippen LogP contribution in [0.3, 0.4) is 0 Å². The van der Waals surface area contributed by atoms with Crippen LogP contribution < -0.4 is 9.47 Å². The fourth-order valence-electron chi connectivity index (χ4n) is 1.92. The minimum atomic E-state index is -6.18. The summed E-state index contributed by atoms with van der Waals surface area (Å²) in [6, 6.07) is 3.10. The van der Waals surface area contributed by atoms with Gasteiger partial charge < -0.3 is 18.9 Å². The van der Waals surface area contributed by atoms with Crippen molar-refractivity contribution in [1.82, 2.24) is 0 Å². The van der Waals surface area contributed by atoms with Crippen molar-refractivity contribution in [2.75, 3.05) is 26.9 Å². The van der Waals surface area contributed by atoms with E-state index in [1.807, 2.05) is 0 Å². The number of esters is 2. The zero-order chi connectivity index (χ0) is 25.7. The first-order valence-electron chi connectivity index (χ1n) is 8.48. The zero-order valence-electron chi connectivity index (χ0n) is 16.3. The number of halogens is 10. The summed E-state index contributed by atoms with van der Waals surface area (Å²) < 4.78 is 141. The molecule has 1 rings (SSSR count). The first-order valence-corrected chi connectivity index (χ1v) is 8.48. The van der Waals surface area contributed by atoms with Gasteiger partial charge in [0.2, 0.25) is 0 Å². The summed E-state index contributed by atoms with van der Waals surface area (Å²) in [5.74, 6) is -18.3. The van der Waals surface area contributed by atoms with Gasteiger partial charge in [0.15, 0.2) is 11.5 Å². The van der Waals surface area contributed by atoms with Gasteiger partial charge in [-0.3, -0.25) is 0 Å². The van der Waals surface area contributed by atoms with E-state index in [-0.39, 0.29) is 18.8 Å². The lowest BCUT2D eigenvalue weighted by atomic mass is 10.1. The lowest BCUT2D eigenvalue weighted by Gasteiger charge is -2.18. The van der Waals surface area contributed by atoms with Gasteiger partial charge in [0.25, 0.3) is 0 Å². The molecule has 0 N–H and O–H groups in total. The van der Waals surface area contributed by atoms with Crippen molar-refractivity contribution in [3.05, 3.63) is 23.8 Å². The second-order valence-electron chi connectivity index (χ2n) is 6.02. The largest absolute Gasteiger partial charge is 0.493 e. The highest BCUT2D eigenvalue weighted by Gasteiger charge is 2.65. The first-order chi connectivity index (χ1) is 14.9. The predicted octanol–water partition coefficient (Wildman–Crippen LogP) is 4.10. The summed E-state index contributed by atoms with van der Waals surface area (Å²) in [6.45, 7) is -1.68. The number of rotatable bonds is 10. The average Bonchev–Trinajstić information content (AvgIpc) is 2.69. The number of carbonyl (C=O) groups is 2. The minimum absolute atomic E-state index is 0.00401. The molecule has 0 aliphatic carbocycles. The van der Waals surface area contributed by atoms with Crippen LogP contribution in [0.25, 0.3) is 0 Å². The molecular formula is C17H14F10O6. The van der Waals surface area contributed by atoms with Gasteiger partial charge in [-0.1, -0.05) is 6.07 Å². The Balaban J connectivity index is 2.57. The first kappa shape index (κ1) is 28.3. The lowest BCUT2D eigenvalue weighted by molar-refractivity contribution is -0.280. The number of ether oxygens (including phenoxy) is 4. The summed E-state index contributed by atoms with van der Waals surface area (Å²) in [6.07, 6.45) is -12.3. The van der Waals surface area contributed by atoms with Crippen LogP contribution in [0.2, 0.25) is 0 Å². The molecule has 0 amide bonds. The molecule has 0 spiro atoms. The summed E-state index contributed by atoms with van der Waals surface area (Å²) in [4.78, 5) is 21.9. The maximum Gasteiger partial charge on any atom is 0.465 e. The summed E-state index contributed by atoms with van der Waals surface area (Å²) in [7, 11) is 1.000. The van der Waals surface area contributed by atoms with E-state index < -0.39 is 55.1 Å². The molecule has 33 heavy (non-hydrogen) atoms. The molecule has 0 radical (unpaired) electrons. The molecule has 0 saturated heterocycles. The highest BCUT2D eigenvalue weighted by atomic mass is 19.4. The van der Waals surface area contributed by atoms with Crippen molar-refractivity contribution in [1.29, 1.82) is 0 Å². The van der Waals surface area contributed by atoms with Crippen LogP contribution >= 0.6 is 0 Å². The van der Waals surface area contributed by atoms with Gasteiger partial charge in [0.05, 0.1) is 20.3 Å². The van der Waals surface area contributed by atoms with Gasteiger partial charge in [-0.2, -0.15) is 43.9 Å². The number of carbonyl (C=O) groups excluding carboxylic acids is 2. The highest BCUT2D eigenvalue weighted by molar-refractivity contribution is 5.81. The van der Waals surface area contributed by atoms with Crippen LogP contribution in [-0.2, 0) is 25.5 Å². The molecule has 0 heterocycles. The molecule has 1 aromatic carbocycles. The number of hydrogen-bond acceptors (Lipinski definition) is 6. The standard InChI is InChI=1S/C17H14F10O6/c1-30-11-8-9(2-3-10(11)33-13(29)15(20,21)17(25,26)27)4-5-31-6-7-32-12(28)14(18,19)16(22,23)24/h2-3,8H,4-7H2,1H3. The molecule has 0 fully saturated rings. The maximum absolute atomic E-state index is 13.0. The average molecular weight is 504 g/mol. The SMILES string of the molecule is COc1cc(CCOCCOC(=O)C(F)(F)C(F)(F)F)ccc1OC(=O)C(F)(F)C(F)(F)F. The third kappa shape index (κ3) is 7.10.